The molecule has 1 aromatic rings. The third-order valence-electron chi connectivity index (χ3n) is 3.06. The molecule has 5 nitrogen and oxygen atoms in total. The van der Waals surface area contributed by atoms with Gasteiger partial charge in [-0.25, -0.2) is 0 Å². The highest BCUT2D eigenvalue weighted by molar-refractivity contribution is 5.40. The van der Waals surface area contributed by atoms with Crippen molar-refractivity contribution < 1.29 is 14.6 Å². The van der Waals surface area contributed by atoms with Gasteiger partial charge in [-0.3, -0.25) is 0 Å². The molecule has 0 heterocycles. The minimum Gasteiger partial charge on any atom is -0.497 e. The molecule has 108 valence electrons. The summed E-state index contributed by atoms with van der Waals surface area (Å²) in [4.78, 5) is 0. The first-order valence-electron chi connectivity index (χ1n) is 6.44. The highest BCUT2D eigenvalue weighted by Crippen LogP contribution is 2.26. The first kappa shape index (κ1) is 15.8. The Kier molecular flexibility index (Phi) is 6.62. The molecular weight excluding hydrogens is 244 g/mol. The minimum absolute atomic E-state index is 0.00514. The number of nitrogens with two attached hydrogens (primary N) is 1. The molecule has 2 unspecified atom stereocenters. The zero-order valence-corrected chi connectivity index (χ0v) is 11.8. The summed E-state index contributed by atoms with van der Waals surface area (Å²) < 4.78 is 10.5. The van der Waals surface area contributed by atoms with Gasteiger partial charge in [0.25, 0.3) is 0 Å². The molecule has 1 aromatic carbocycles. The SMILES string of the molecule is COc1cc(OC)cc(C(CN)NC(C)CCO)c1. The molecule has 0 saturated carbocycles. The number of benzene rings is 1. The van der Waals surface area contributed by atoms with E-state index in [0.29, 0.717) is 13.0 Å². The van der Waals surface area contributed by atoms with Crippen molar-refractivity contribution in [1.82, 2.24) is 5.32 Å². The Labute approximate surface area is 114 Å². The number of nitrogens with one attached hydrogen (secondary N) is 1. The number of hydrogen-bond acceptors (Lipinski definition) is 5. The van der Waals surface area contributed by atoms with Crippen LogP contribution in [0.5, 0.6) is 11.5 Å². The summed E-state index contributed by atoms with van der Waals surface area (Å²) in [6.07, 6.45) is 0.692. The third kappa shape index (κ3) is 4.70. The van der Waals surface area contributed by atoms with Crippen LogP contribution in [-0.4, -0.2) is 38.5 Å². The van der Waals surface area contributed by atoms with Crippen LogP contribution < -0.4 is 20.5 Å². The average molecular weight is 268 g/mol. The zero-order chi connectivity index (χ0) is 14.3. The normalized spacial score (nSPS) is 13.9. The molecule has 0 aliphatic heterocycles. The van der Waals surface area contributed by atoms with Gasteiger partial charge in [0.1, 0.15) is 11.5 Å². The predicted molar refractivity (Wildman–Crippen MR) is 75.6 cm³/mol. The van der Waals surface area contributed by atoms with Crippen molar-refractivity contribution in [1.29, 1.82) is 0 Å². The van der Waals surface area contributed by atoms with Crippen LogP contribution in [0.25, 0.3) is 0 Å². The smallest absolute Gasteiger partial charge is 0.122 e. The van der Waals surface area contributed by atoms with E-state index in [2.05, 4.69) is 5.32 Å². The highest BCUT2D eigenvalue weighted by Gasteiger charge is 2.14. The maximum Gasteiger partial charge on any atom is 0.122 e. The fraction of sp³-hybridized carbons (Fsp3) is 0.571. The van der Waals surface area contributed by atoms with E-state index in [1.165, 1.54) is 0 Å². The molecule has 19 heavy (non-hydrogen) atoms. The molecule has 0 aliphatic carbocycles. The standard InChI is InChI=1S/C14H24N2O3/c1-10(4-5-17)16-14(9-15)11-6-12(18-2)8-13(7-11)19-3/h6-8,10,14,16-17H,4-5,9,15H2,1-3H3. The number of ether oxygens (including phenoxy) is 2. The molecule has 5 heteroatoms. The number of aliphatic hydroxyl groups excluding tert-OH is 1. The molecule has 1 rings (SSSR count). The lowest BCUT2D eigenvalue weighted by Gasteiger charge is -2.23. The van der Waals surface area contributed by atoms with Crippen LogP contribution in [0.2, 0.25) is 0 Å². The molecule has 0 amide bonds. The quantitative estimate of drug-likeness (QED) is 0.657. The van der Waals surface area contributed by atoms with Crippen molar-refractivity contribution in [2.24, 2.45) is 5.73 Å². The van der Waals surface area contributed by atoms with E-state index in [1.54, 1.807) is 14.2 Å². The third-order valence-corrected chi connectivity index (χ3v) is 3.06. The van der Waals surface area contributed by atoms with Crippen molar-refractivity contribution >= 4 is 0 Å². The minimum atomic E-state index is 0.00514. The Morgan fingerprint density at radius 2 is 1.79 bits per heavy atom. The molecule has 0 radical (unpaired) electrons. The van der Waals surface area contributed by atoms with Gasteiger partial charge in [-0.2, -0.15) is 0 Å². The summed E-state index contributed by atoms with van der Waals surface area (Å²) in [6, 6.07) is 5.91. The molecule has 0 spiro atoms. The van der Waals surface area contributed by atoms with Gasteiger partial charge in [-0.15, -0.1) is 0 Å². The Bertz CT molecular complexity index is 363. The first-order chi connectivity index (χ1) is 9.14. The Morgan fingerprint density at radius 1 is 1.21 bits per heavy atom. The summed E-state index contributed by atoms with van der Waals surface area (Å²) in [6.45, 7) is 2.65. The van der Waals surface area contributed by atoms with Gasteiger partial charge in [-0.05, 0) is 31.0 Å². The van der Waals surface area contributed by atoms with Crippen molar-refractivity contribution in [2.75, 3.05) is 27.4 Å². The predicted octanol–water partition coefficient (Wildman–Crippen LogP) is 1.06. The summed E-state index contributed by atoms with van der Waals surface area (Å²) in [7, 11) is 3.25. The van der Waals surface area contributed by atoms with Gasteiger partial charge < -0.3 is 25.6 Å². The van der Waals surface area contributed by atoms with E-state index in [-0.39, 0.29) is 18.7 Å². The van der Waals surface area contributed by atoms with Gasteiger partial charge in [0.2, 0.25) is 0 Å². The molecule has 0 bridgehead atoms. The number of methoxy groups -OCH3 is 2. The van der Waals surface area contributed by atoms with Crippen molar-refractivity contribution in [2.45, 2.75) is 25.4 Å². The highest BCUT2D eigenvalue weighted by atomic mass is 16.5. The number of rotatable bonds is 8. The summed E-state index contributed by atoms with van der Waals surface area (Å²) in [5.74, 6) is 1.48. The first-order valence-corrected chi connectivity index (χ1v) is 6.44. The molecule has 0 aromatic heterocycles. The molecule has 2 atom stereocenters. The van der Waals surface area contributed by atoms with Crippen LogP contribution in [0.15, 0.2) is 18.2 Å². The van der Waals surface area contributed by atoms with Gasteiger partial charge in [0, 0.05) is 31.3 Å². The maximum absolute atomic E-state index is 8.95. The van der Waals surface area contributed by atoms with Crippen molar-refractivity contribution in [3.05, 3.63) is 23.8 Å². The zero-order valence-electron chi connectivity index (χ0n) is 11.8. The average Bonchev–Trinajstić information content (AvgIpc) is 2.44. The Morgan fingerprint density at radius 3 is 2.21 bits per heavy atom. The monoisotopic (exact) mass is 268 g/mol. The fourth-order valence-corrected chi connectivity index (χ4v) is 1.95. The number of hydrogen-bond donors (Lipinski definition) is 3. The second-order valence-electron chi connectivity index (χ2n) is 4.51. The lowest BCUT2D eigenvalue weighted by Crippen LogP contribution is -2.35. The topological polar surface area (TPSA) is 76.7 Å². The summed E-state index contributed by atoms with van der Waals surface area (Å²) in [5, 5.41) is 12.3. The van der Waals surface area contributed by atoms with E-state index in [1.807, 2.05) is 25.1 Å². The second-order valence-corrected chi connectivity index (χ2v) is 4.51. The second kappa shape index (κ2) is 7.99. The Balaban J connectivity index is 2.90. The van der Waals surface area contributed by atoms with Crippen LogP contribution >= 0.6 is 0 Å². The molecule has 0 aliphatic rings. The van der Waals surface area contributed by atoms with Crippen molar-refractivity contribution in [3.63, 3.8) is 0 Å². The van der Waals surface area contributed by atoms with E-state index >= 15 is 0 Å². The largest absolute Gasteiger partial charge is 0.497 e. The molecule has 0 saturated heterocycles. The maximum atomic E-state index is 8.95. The van der Waals surface area contributed by atoms with Gasteiger partial charge >= 0.3 is 0 Å². The van der Waals surface area contributed by atoms with Crippen molar-refractivity contribution in [3.8, 4) is 11.5 Å². The van der Waals surface area contributed by atoms with Gasteiger partial charge in [0.15, 0.2) is 0 Å². The molecule has 0 fully saturated rings. The number of aliphatic hydroxyl groups is 1. The van der Waals surface area contributed by atoms with Crippen LogP contribution in [-0.2, 0) is 0 Å². The fourth-order valence-electron chi connectivity index (χ4n) is 1.95. The Hall–Kier alpha value is -1.30. The van der Waals surface area contributed by atoms with E-state index in [9.17, 15) is 0 Å². The lowest BCUT2D eigenvalue weighted by atomic mass is 10.0. The molecule has 4 N–H and O–H groups in total. The summed E-state index contributed by atoms with van der Waals surface area (Å²) >= 11 is 0. The van der Waals surface area contributed by atoms with Crippen LogP contribution in [0.1, 0.15) is 24.9 Å². The van der Waals surface area contributed by atoms with Gasteiger partial charge in [-0.1, -0.05) is 0 Å². The molecular formula is C14H24N2O3. The van der Waals surface area contributed by atoms with E-state index in [0.717, 1.165) is 17.1 Å². The van der Waals surface area contributed by atoms with Gasteiger partial charge in [0.05, 0.1) is 14.2 Å². The lowest BCUT2D eigenvalue weighted by molar-refractivity contribution is 0.263. The van der Waals surface area contributed by atoms with Crippen LogP contribution in [0.3, 0.4) is 0 Å². The van der Waals surface area contributed by atoms with E-state index < -0.39 is 0 Å². The van der Waals surface area contributed by atoms with E-state index in [4.69, 9.17) is 20.3 Å². The summed E-state index contributed by atoms with van der Waals surface area (Å²) in [5.41, 5.74) is 6.84. The van der Waals surface area contributed by atoms with Crippen LogP contribution in [0, 0.1) is 0 Å². The van der Waals surface area contributed by atoms with Crippen LogP contribution in [0.4, 0.5) is 0 Å².